The minimum atomic E-state index is -3.82. The van der Waals surface area contributed by atoms with Crippen molar-refractivity contribution in [1.29, 1.82) is 0 Å². The molecule has 0 spiro atoms. The van der Waals surface area contributed by atoms with Gasteiger partial charge in [0.2, 0.25) is 0 Å². The molecule has 0 aliphatic heterocycles. The van der Waals surface area contributed by atoms with E-state index in [1.807, 2.05) is 0 Å². The maximum Gasteiger partial charge on any atom is 0.253 e. The summed E-state index contributed by atoms with van der Waals surface area (Å²) in [4.78, 5) is 11.8. The number of hydrazine groups is 1. The topological polar surface area (TPSA) is 112 Å². The molecule has 1 rings (SSSR count). The first-order valence-electron chi connectivity index (χ1n) is 3.51. The fourth-order valence-electron chi connectivity index (χ4n) is 0.858. The van der Waals surface area contributed by atoms with Gasteiger partial charge in [-0.15, -0.1) is 0 Å². The molecular formula is C7H7N2O4S-. The number of carbonyl (C=O) groups is 1. The number of carbonyl (C=O) groups excluding carboxylic acids is 1. The van der Waals surface area contributed by atoms with E-state index in [0.29, 0.717) is 0 Å². The van der Waals surface area contributed by atoms with Crippen molar-refractivity contribution in [3.8, 4) is 0 Å². The summed E-state index contributed by atoms with van der Waals surface area (Å²) in [5.74, 6) is 3.32. The van der Waals surface area contributed by atoms with Gasteiger partial charge in [-0.1, -0.05) is 12.1 Å². The largest absolute Gasteiger partial charge is 0.545 e. The number of hydrogen-bond acceptors (Lipinski definition) is 5. The Balaban J connectivity index is 3.26. The number of benzene rings is 1. The van der Waals surface area contributed by atoms with Crippen molar-refractivity contribution in [2.45, 2.75) is 4.90 Å². The van der Waals surface area contributed by atoms with Crippen molar-refractivity contribution in [2.24, 2.45) is 5.84 Å². The zero-order chi connectivity index (χ0) is 10.8. The predicted octanol–water partition coefficient (Wildman–Crippen LogP) is -1.80. The SMILES string of the molecule is NNS(=O)(=O)c1cccc(C(=O)[O-])c1. The number of nitrogens with two attached hydrogens (primary N) is 1. The van der Waals surface area contributed by atoms with Crippen LogP contribution in [0, 0.1) is 0 Å². The van der Waals surface area contributed by atoms with Gasteiger partial charge in [-0.25, -0.2) is 8.42 Å². The molecule has 76 valence electrons. The van der Waals surface area contributed by atoms with E-state index in [1.54, 1.807) is 4.83 Å². The summed E-state index contributed by atoms with van der Waals surface area (Å²) in [6.45, 7) is 0. The van der Waals surface area contributed by atoms with Crippen molar-refractivity contribution < 1.29 is 18.3 Å². The van der Waals surface area contributed by atoms with E-state index in [0.717, 1.165) is 6.07 Å². The van der Waals surface area contributed by atoms with E-state index in [-0.39, 0.29) is 10.5 Å². The molecule has 0 heterocycles. The van der Waals surface area contributed by atoms with Crippen molar-refractivity contribution >= 4 is 16.0 Å². The molecule has 0 unspecified atom stereocenters. The molecule has 0 saturated carbocycles. The Hall–Kier alpha value is -1.44. The van der Waals surface area contributed by atoms with E-state index in [9.17, 15) is 18.3 Å². The van der Waals surface area contributed by atoms with E-state index in [1.165, 1.54) is 18.2 Å². The first-order chi connectivity index (χ1) is 6.47. The van der Waals surface area contributed by atoms with Gasteiger partial charge >= 0.3 is 0 Å². The molecule has 0 radical (unpaired) electrons. The Morgan fingerprint density at radius 3 is 2.57 bits per heavy atom. The summed E-state index contributed by atoms with van der Waals surface area (Å²) in [5, 5.41) is 10.4. The van der Waals surface area contributed by atoms with Gasteiger partial charge in [-0.05, 0) is 17.7 Å². The Kier molecular flexibility index (Phi) is 2.84. The van der Waals surface area contributed by atoms with Gasteiger partial charge in [0.15, 0.2) is 0 Å². The predicted molar refractivity (Wildman–Crippen MR) is 45.3 cm³/mol. The minimum Gasteiger partial charge on any atom is -0.545 e. The molecule has 0 aliphatic carbocycles. The number of aromatic carboxylic acids is 1. The second-order valence-corrected chi connectivity index (χ2v) is 4.15. The van der Waals surface area contributed by atoms with Crippen LogP contribution in [0.1, 0.15) is 10.4 Å². The maximum atomic E-state index is 11.1. The minimum absolute atomic E-state index is 0.221. The van der Waals surface area contributed by atoms with E-state index in [2.05, 4.69) is 0 Å². The molecule has 0 fully saturated rings. The number of rotatable bonds is 3. The van der Waals surface area contributed by atoms with Gasteiger partial charge < -0.3 is 9.90 Å². The van der Waals surface area contributed by atoms with Crippen molar-refractivity contribution in [1.82, 2.24) is 4.83 Å². The summed E-state index contributed by atoms with van der Waals surface area (Å²) >= 11 is 0. The highest BCUT2D eigenvalue weighted by atomic mass is 32.2. The summed E-state index contributed by atoms with van der Waals surface area (Å²) in [6.07, 6.45) is 0. The lowest BCUT2D eigenvalue weighted by molar-refractivity contribution is -0.255. The van der Waals surface area contributed by atoms with E-state index < -0.39 is 16.0 Å². The average Bonchev–Trinajstić information content (AvgIpc) is 2.18. The molecule has 0 bridgehead atoms. The Morgan fingerprint density at radius 2 is 2.07 bits per heavy atom. The molecule has 1 aromatic rings. The lowest BCUT2D eigenvalue weighted by Crippen LogP contribution is -2.30. The Bertz CT molecular complexity index is 455. The molecule has 0 aromatic heterocycles. The summed E-state index contributed by atoms with van der Waals surface area (Å²) in [5.41, 5.74) is -0.221. The fraction of sp³-hybridized carbons (Fsp3) is 0. The molecule has 6 nitrogen and oxygen atoms in total. The number of hydrogen-bond donors (Lipinski definition) is 2. The van der Waals surface area contributed by atoms with Crippen molar-refractivity contribution in [3.05, 3.63) is 29.8 Å². The first-order valence-corrected chi connectivity index (χ1v) is 4.99. The Morgan fingerprint density at radius 1 is 1.43 bits per heavy atom. The Labute approximate surface area is 80.4 Å². The first kappa shape index (κ1) is 10.6. The van der Waals surface area contributed by atoms with Crippen LogP contribution in [0.5, 0.6) is 0 Å². The van der Waals surface area contributed by atoms with Crippen LogP contribution in [0.4, 0.5) is 0 Å². The summed E-state index contributed by atoms with van der Waals surface area (Å²) < 4.78 is 22.3. The third-order valence-corrected chi connectivity index (χ3v) is 2.72. The number of sulfonamides is 1. The van der Waals surface area contributed by atoms with Crippen LogP contribution in [0.3, 0.4) is 0 Å². The van der Waals surface area contributed by atoms with Crippen LogP contribution in [0.25, 0.3) is 0 Å². The number of nitrogens with one attached hydrogen (secondary N) is 1. The lowest BCUT2D eigenvalue weighted by Gasteiger charge is -2.05. The van der Waals surface area contributed by atoms with Crippen LogP contribution < -0.4 is 15.8 Å². The van der Waals surface area contributed by atoms with Gasteiger partial charge in [0.25, 0.3) is 10.0 Å². The van der Waals surface area contributed by atoms with Gasteiger partial charge in [0.1, 0.15) is 0 Å². The van der Waals surface area contributed by atoms with Crippen molar-refractivity contribution in [3.63, 3.8) is 0 Å². The summed E-state index contributed by atoms with van der Waals surface area (Å²) in [6, 6.07) is 4.70. The number of carboxylic acids is 1. The van der Waals surface area contributed by atoms with E-state index in [4.69, 9.17) is 5.84 Å². The molecule has 0 saturated heterocycles. The molecular weight excluding hydrogens is 208 g/mol. The molecule has 3 N–H and O–H groups in total. The van der Waals surface area contributed by atoms with Gasteiger partial charge in [0.05, 0.1) is 10.9 Å². The fourth-order valence-corrected chi connectivity index (χ4v) is 1.53. The monoisotopic (exact) mass is 215 g/mol. The average molecular weight is 215 g/mol. The van der Waals surface area contributed by atoms with Crippen LogP contribution in [0.2, 0.25) is 0 Å². The molecule has 0 atom stereocenters. The maximum absolute atomic E-state index is 11.1. The zero-order valence-corrected chi connectivity index (χ0v) is 7.74. The molecule has 1 aromatic carbocycles. The molecule has 7 heteroatoms. The highest BCUT2D eigenvalue weighted by Crippen LogP contribution is 2.09. The van der Waals surface area contributed by atoms with Crippen molar-refractivity contribution in [2.75, 3.05) is 0 Å². The third kappa shape index (κ3) is 2.08. The van der Waals surface area contributed by atoms with E-state index >= 15 is 0 Å². The van der Waals surface area contributed by atoms with Gasteiger partial charge in [-0.3, -0.25) is 5.84 Å². The second-order valence-electron chi connectivity index (χ2n) is 2.44. The zero-order valence-electron chi connectivity index (χ0n) is 6.93. The van der Waals surface area contributed by atoms with Crippen LogP contribution in [0.15, 0.2) is 29.2 Å². The summed E-state index contributed by atoms with van der Waals surface area (Å²) in [7, 11) is -3.82. The molecule has 14 heavy (non-hydrogen) atoms. The highest BCUT2D eigenvalue weighted by molar-refractivity contribution is 7.89. The second kappa shape index (κ2) is 3.74. The van der Waals surface area contributed by atoms with Crippen LogP contribution in [-0.2, 0) is 10.0 Å². The standard InChI is InChI=1S/C7H8N2O4S/c8-9-14(12,13)6-3-1-2-5(4-6)7(10)11/h1-4,9H,8H2,(H,10,11)/p-1. The normalized spacial score (nSPS) is 11.2. The third-order valence-electron chi connectivity index (χ3n) is 1.54. The number of carboxylic acid groups (broad SMARTS) is 1. The quantitative estimate of drug-likeness (QED) is 0.456. The highest BCUT2D eigenvalue weighted by Gasteiger charge is 2.11. The molecule has 0 amide bonds. The van der Waals surface area contributed by atoms with Gasteiger partial charge in [-0.2, -0.15) is 4.83 Å². The van der Waals surface area contributed by atoms with Gasteiger partial charge in [0, 0.05) is 0 Å². The molecule has 0 aliphatic rings. The smallest absolute Gasteiger partial charge is 0.253 e. The van der Waals surface area contributed by atoms with Crippen LogP contribution >= 0.6 is 0 Å². The lowest BCUT2D eigenvalue weighted by atomic mass is 10.2. The van der Waals surface area contributed by atoms with Crippen LogP contribution in [-0.4, -0.2) is 14.4 Å².